The number of nitrogens with one attached hydrogen (secondary N) is 1. The third kappa shape index (κ3) is 5.30. The first kappa shape index (κ1) is 31.9. The van der Waals surface area contributed by atoms with E-state index in [2.05, 4.69) is 5.32 Å². The van der Waals surface area contributed by atoms with Gasteiger partial charge in [-0.25, -0.2) is 0 Å². The van der Waals surface area contributed by atoms with Crippen molar-refractivity contribution in [1.29, 1.82) is 0 Å². The molecule has 0 saturated carbocycles. The van der Waals surface area contributed by atoms with Crippen molar-refractivity contribution in [3.05, 3.63) is 89.0 Å². The summed E-state index contributed by atoms with van der Waals surface area (Å²) in [6.45, 7) is 5.75. The van der Waals surface area contributed by atoms with Gasteiger partial charge in [0.25, 0.3) is 11.8 Å². The predicted octanol–water partition coefficient (Wildman–Crippen LogP) is 4.06. The van der Waals surface area contributed by atoms with Crippen LogP contribution >= 0.6 is 0 Å². The standard InChI is InChI=1S/C35H41N3O7Si/c1-21-32(46(4,5)43)30(18-31(40)38-19-24-9-7-6-8-23(24)16-26(38)20-39)45-35(21)28-17-25(12-15-29(28)37(2)34(35)42)36-33(41)22-10-13-27(44-3)14-11-22/h6-15,17,21,26,30,32,39,43H,16,18-20H2,1-5H3,(H,36,41)/t21-,26-,30+,32-,35+/m0/s1. The van der Waals surface area contributed by atoms with Crippen LogP contribution in [0, 0.1) is 5.92 Å². The summed E-state index contributed by atoms with van der Waals surface area (Å²) in [7, 11) is 0.244. The molecular weight excluding hydrogens is 602 g/mol. The van der Waals surface area contributed by atoms with Crippen LogP contribution in [-0.2, 0) is 32.9 Å². The summed E-state index contributed by atoms with van der Waals surface area (Å²) in [6.07, 6.45) is -0.214. The van der Waals surface area contributed by atoms with Crippen LogP contribution in [0.4, 0.5) is 11.4 Å². The lowest BCUT2D eigenvalue weighted by Crippen LogP contribution is -2.48. The highest BCUT2D eigenvalue weighted by molar-refractivity contribution is 6.71. The van der Waals surface area contributed by atoms with Gasteiger partial charge in [-0.15, -0.1) is 0 Å². The lowest BCUT2D eigenvalue weighted by atomic mass is 9.82. The average molecular weight is 644 g/mol. The Bertz CT molecular complexity index is 1670. The highest BCUT2D eigenvalue weighted by Gasteiger charge is 2.66. The Morgan fingerprint density at radius 2 is 1.78 bits per heavy atom. The van der Waals surface area contributed by atoms with Gasteiger partial charge in [0.1, 0.15) is 5.75 Å². The summed E-state index contributed by atoms with van der Waals surface area (Å²) in [5, 5.41) is 13.1. The summed E-state index contributed by atoms with van der Waals surface area (Å²) in [4.78, 5) is 56.1. The number of methoxy groups -OCH3 is 1. The molecule has 10 nitrogen and oxygen atoms in total. The molecule has 46 heavy (non-hydrogen) atoms. The zero-order chi connectivity index (χ0) is 33.0. The maximum atomic E-state index is 14.2. The molecule has 3 heterocycles. The number of anilines is 2. The number of fused-ring (bicyclic) bond motifs is 3. The molecule has 0 aliphatic carbocycles. The molecule has 1 saturated heterocycles. The Kier molecular flexibility index (Phi) is 8.30. The van der Waals surface area contributed by atoms with Crippen molar-refractivity contribution in [3.8, 4) is 5.75 Å². The van der Waals surface area contributed by atoms with E-state index in [1.54, 1.807) is 66.4 Å². The summed E-state index contributed by atoms with van der Waals surface area (Å²) in [6, 6.07) is 19.6. The fourth-order valence-corrected chi connectivity index (χ4v) is 10.3. The van der Waals surface area contributed by atoms with Gasteiger partial charge in [0, 0.05) is 41.9 Å². The second-order valence-corrected chi connectivity index (χ2v) is 17.1. The molecule has 0 bridgehead atoms. The fraction of sp³-hybridized carbons (Fsp3) is 0.400. The summed E-state index contributed by atoms with van der Waals surface area (Å²) in [5.74, 6) is -0.602. The molecule has 11 heteroatoms. The number of hydrogen-bond acceptors (Lipinski definition) is 7. The van der Waals surface area contributed by atoms with Gasteiger partial charge >= 0.3 is 0 Å². The number of ether oxygens (including phenoxy) is 2. The van der Waals surface area contributed by atoms with Gasteiger partial charge in [-0.05, 0) is 73.1 Å². The summed E-state index contributed by atoms with van der Waals surface area (Å²) < 4.78 is 12.0. The smallest absolute Gasteiger partial charge is 0.264 e. The van der Waals surface area contributed by atoms with E-state index in [0.717, 1.165) is 11.1 Å². The molecule has 3 aliphatic heterocycles. The normalized spacial score (nSPS) is 25.4. The van der Waals surface area contributed by atoms with Crippen LogP contribution < -0.4 is 15.0 Å². The van der Waals surface area contributed by atoms with E-state index in [1.165, 1.54) is 0 Å². The van der Waals surface area contributed by atoms with Crippen molar-refractivity contribution in [2.24, 2.45) is 5.92 Å². The highest BCUT2D eigenvalue weighted by Crippen LogP contribution is 2.59. The summed E-state index contributed by atoms with van der Waals surface area (Å²) >= 11 is 0. The number of amides is 3. The first-order valence-corrected chi connectivity index (χ1v) is 18.7. The first-order chi connectivity index (χ1) is 21.9. The van der Waals surface area contributed by atoms with Crippen LogP contribution in [0.3, 0.4) is 0 Å². The number of carbonyl (C=O) groups excluding carboxylic acids is 3. The van der Waals surface area contributed by atoms with E-state index in [1.807, 2.05) is 44.3 Å². The van der Waals surface area contributed by atoms with E-state index < -0.39 is 31.5 Å². The lowest BCUT2D eigenvalue weighted by Gasteiger charge is -2.37. The molecule has 0 radical (unpaired) electrons. The van der Waals surface area contributed by atoms with Crippen molar-refractivity contribution in [3.63, 3.8) is 0 Å². The zero-order valence-electron chi connectivity index (χ0n) is 26.8. The predicted molar refractivity (Wildman–Crippen MR) is 176 cm³/mol. The topological polar surface area (TPSA) is 129 Å². The van der Waals surface area contributed by atoms with Gasteiger partial charge in [-0.3, -0.25) is 14.4 Å². The van der Waals surface area contributed by atoms with E-state index in [9.17, 15) is 24.3 Å². The molecule has 3 aromatic rings. The fourth-order valence-electron chi connectivity index (χ4n) is 7.74. The minimum absolute atomic E-state index is 0.0351. The lowest BCUT2D eigenvalue weighted by molar-refractivity contribution is -0.150. The van der Waals surface area contributed by atoms with Gasteiger partial charge in [0.15, 0.2) is 13.9 Å². The minimum atomic E-state index is -3.00. The molecule has 5 atom stereocenters. The highest BCUT2D eigenvalue weighted by atomic mass is 28.4. The van der Waals surface area contributed by atoms with Gasteiger partial charge in [-0.2, -0.15) is 0 Å². The average Bonchev–Trinajstić information content (AvgIpc) is 3.45. The Morgan fingerprint density at radius 1 is 1.09 bits per heavy atom. The van der Waals surface area contributed by atoms with Crippen LogP contribution in [-0.4, -0.2) is 73.8 Å². The van der Waals surface area contributed by atoms with Gasteiger partial charge in [-0.1, -0.05) is 31.2 Å². The maximum absolute atomic E-state index is 14.2. The van der Waals surface area contributed by atoms with Crippen LogP contribution in [0.2, 0.25) is 18.6 Å². The van der Waals surface area contributed by atoms with Gasteiger partial charge < -0.3 is 34.5 Å². The molecule has 3 aliphatic rings. The van der Waals surface area contributed by atoms with Crippen LogP contribution in [0.1, 0.15) is 40.4 Å². The number of hydrogen-bond donors (Lipinski definition) is 3. The van der Waals surface area contributed by atoms with E-state index in [4.69, 9.17) is 9.47 Å². The molecule has 1 spiro atoms. The second-order valence-electron chi connectivity index (χ2n) is 13.2. The second kappa shape index (κ2) is 12.0. The van der Waals surface area contributed by atoms with Crippen molar-refractivity contribution < 1.29 is 33.8 Å². The number of aliphatic hydroxyl groups excluding tert-OH is 1. The van der Waals surface area contributed by atoms with Crippen molar-refractivity contribution in [1.82, 2.24) is 4.90 Å². The van der Waals surface area contributed by atoms with Crippen LogP contribution in [0.25, 0.3) is 0 Å². The number of likely N-dealkylation sites (N-methyl/N-ethyl adjacent to an activating group) is 1. The van der Waals surface area contributed by atoms with Crippen LogP contribution in [0.5, 0.6) is 5.75 Å². The molecule has 3 aromatic carbocycles. The molecule has 3 N–H and O–H groups in total. The quantitative estimate of drug-likeness (QED) is 0.332. The number of nitrogens with zero attached hydrogens (tertiary/aromatic N) is 2. The van der Waals surface area contributed by atoms with E-state index >= 15 is 0 Å². The Morgan fingerprint density at radius 3 is 2.43 bits per heavy atom. The van der Waals surface area contributed by atoms with Crippen molar-refractivity contribution in [2.45, 2.75) is 62.7 Å². The maximum Gasteiger partial charge on any atom is 0.264 e. The molecule has 1 fully saturated rings. The van der Waals surface area contributed by atoms with E-state index in [0.29, 0.717) is 41.2 Å². The molecule has 6 rings (SSSR count). The van der Waals surface area contributed by atoms with Crippen LogP contribution in [0.15, 0.2) is 66.7 Å². The molecule has 0 aromatic heterocycles. The SMILES string of the molecule is COc1ccc(C(=O)Nc2ccc3c(c2)[C@@]2(O[C@H](CC(=O)N4Cc5ccccc5C[C@H]4CO)[C@@H]([Si](C)(C)O)[C@@H]2C)C(=O)N3C)cc1. The van der Waals surface area contributed by atoms with Crippen molar-refractivity contribution in [2.75, 3.05) is 31.0 Å². The Balaban J connectivity index is 1.31. The third-order valence-corrected chi connectivity index (χ3v) is 12.5. The largest absolute Gasteiger partial charge is 0.497 e. The number of carbonyl (C=O) groups is 3. The molecule has 3 amide bonds. The number of rotatable bonds is 7. The third-order valence-electron chi connectivity index (χ3n) is 9.99. The Hall–Kier alpha value is -4.03. The van der Waals surface area contributed by atoms with Gasteiger partial charge in [0.05, 0.1) is 38.0 Å². The summed E-state index contributed by atoms with van der Waals surface area (Å²) in [5.41, 5.74) is 2.45. The zero-order valence-corrected chi connectivity index (χ0v) is 27.8. The van der Waals surface area contributed by atoms with Crippen molar-refractivity contribution >= 4 is 37.4 Å². The Labute approximate surface area is 270 Å². The van der Waals surface area contributed by atoms with E-state index in [-0.39, 0.29) is 36.8 Å². The molecular formula is C35H41N3O7Si. The van der Waals surface area contributed by atoms with Gasteiger partial charge in [0.2, 0.25) is 5.91 Å². The minimum Gasteiger partial charge on any atom is -0.497 e. The number of benzene rings is 3. The molecule has 242 valence electrons. The number of aliphatic hydroxyl groups is 1. The first-order valence-electron chi connectivity index (χ1n) is 15.6. The molecule has 0 unspecified atom stereocenters. The monoisotopic (exact) mass is 643 g/mol.